The van der Waals surface area contributed by atoms with E-state index in [1.807, 2.05) is 42.5 Å². The molecule has 244 valence electrons. The summed E-state index contributed by atoms with van der Waals surface area (Å²) < 4.78 is 11.2. The van der Waals surface area contributed by atoms with Crippen LogP contribution < -0.4 is 14.9 Å². The van der Waals surface area contributed by atoms with E-state index >= 15 is 0 Å². The summed E-state index contributed by atoms with van der Waals surface area (Å²) in [6, 6.07) is 31.1. The number of methoxy groups -OCH3 is 2. The van der Waals surface area contributed by atoms with Crippen LogP contribution in [-0.4, -0.2) is 47.5 Å². The van der Waals surface area contributed by atoms with E-state index in [2.05, 4.69) is 108 Å². The lowest BCUT2D eigenvalue weighted by Gasteiger charge is -2.08. The first-order valence-corrected chi connectivity index (χ1v) is 22.1. The Morgan fingerprint density at radius 2 is 1.00 bits per heavy atom. The Bertz CT molecular complexity index is 1590. The lowest BCUT2D eigenvalue weighted by atomic mass is 9.80. The number of hydrogen-bond acceptors (Lipinski definition) is 4. The van der Waals surface area contributed by atoms with Gasteiger partial charge in [0.1, 0.15) is 27.6 Å². The molecule has 4 aromatic rings. The summed E-state index contributed by atoms with van der Waals surface area (Å²) in [5.41, 5.74) is 11.8. The molecule has 0 atom stereocenters. The Hall–Kier alpha value is -3.50. The summed E-state index contributed by atoms with van der Waals surface area (Å²) in [4.78, 5) is 0. The monoisotopic (exact) mass is 716 g/mol. The topological polar surface area (TPSA) is 58.9 Å². The van der Waals surface area contributed by atoms with Crippen LogP contribution in [-0.2, 0) is 0 Å². The maximum Gasteiger partial charge on any atom is 0.488 e. The SMILES string of the molecule is C.C.COc1ccc(-c2ccccc2C#C[Si](C)(C)C)cc1.COc1ccc(B(O)O)cc1.C[Si](C)(C)C#Cc1ccccc1Br. The van der Waals surface area contributed by atoms with Crippen LogP contribution in [0.4, 0.5) is 0 Å². The van der Waals surface area contributed by atoms with Crippen LogP contribution in [0, 0.1) is 22.9 Å². The third-order valence-electron chi connectivity index (χ3n) is 5.76. The highest BCUT2D eigenvalue weighted by Gasteiger charge is 2.10. The fourth-order valence-corrected chi connectivity index (χ4v) is 4.87. The minimum Gasteiger partial charge on any atom is -0.497 e. The standard InChI is InChI=1S/C18H20OSi.C11H13BrSi.C7H9BO3.2CH4/c1-19-17-11-9-16(10-12-17)18-8-6-5-7-15(18)13-14-20(2,3)4;1-13(2,3)9-8-10-6-4-5-7-11(10)12;1-11-7-4-2-6(3-5-7)8(9)10;;/h5-12H,1-4H3;4-7H,1-3H3;2-5,9-10H,1H3;2*1H4. The highest BCUT2D eigenvalue weighted by atomic mass is 79.9. The van der Waals surface area contributed by atoms with Gasteiger partial charge in [-0.25, -0.2) is 0 Å². The first-order valence-electron chi connectivity index (χ1n) is 14.3. The van der Waals surface area contributed by atoms with Crippen molar-refractivity contribution in [3.8, 4) is 45.6 Å². The molecule has 4 aromatic carbocycles. The lowest BCUT2D eigenvalue weighted by Crippen LogP contribution is -2.29. The Morgan fingerprint density at radius 3 is 1.43 bits per heavy atom. The van der Waals surface area contributed by atoms with E-state index < -0.39 is 23.3 Å². The van der Waals surface area contributed by atoms with E-state index in [0.717, 1.165) is 21.3 Å². The van der Waals surface area contributed by atoms with Gasteiger partial charge in [-0.1, -0.05) is 121 Å². The molecule has 0 saturated carbocycles. The second-order valence-corrected chi connectivity index (χ2v) is 22.3. The molecule has 0 aromatic heterocycles. The van der Waals surface area contributed by atoms with Crippen molar-refractivity contribution in [1.82, 2.24) is 0 Å². The molecule has 0 bridgehead atoms. The molecule has 0 aliphatic carbocycles. The molecule has 0 spiro atoms. The second kappa shape index (κ2) is 20.6. The number of halogens is 1. The summed E-state index contributed by atoms with van der Waals surface area (Å²) in [5, 5.41) is 17.4. The van der Waals surface area contributed by atoms with Gasteiger partial charge in [-0.15, -0.1) is 11.1 Å². The maximum atomic E-state index is 8.70. The van der Waals surface area contributed by atoms with Crippen molar-refractivity contribution in [2.24, 2.45) is 0 Å². The molecular weight excluding hydrogens is 667 g/mol. The Labute approximate surface area is 289 Å². The Morgan fingerprint density at radius 1 is 0.587 bits per heavy atom. The molecule has 0 radical (unpaired) electrons. The van der Waals surface area contributed by atoms with Crippen molar-refractivity contribution in [2.75, 3.05) is 14.2 Å². The van der Waals surface area contributed by atoms with Crippen molar-refractivity contribution < 1.29 is 19.5 Å². The number of rotatable bonds is 4. The maximum absolute atomic E-state index is 8.70. The quantitative estimate of drug-likeness (QED) is 0.164. The highest BCUT2D eigenvalue weighted by Crippen LogP contribution is 2.25. The van der Waals surface area contributed by atoms with E-state index in [0.29, 0.717) is 11.2 Å². The zero-order valence-corrected chi connectivity index (χ0v) is 30.5. The van der Waals surface area contributed by atoms with Crippen molar-refractivity contribution in [1.29, 1.82) is 0 Å². The van der Waals surface area contributed by atoms with Gasteiger partial charge < -0.3 is 19.5 Å². The molecule has 4 rings (SSSR count). The van der Waals surface area contributed by atoms with Crippen LogP contribution in [0.1, 0.15) is 26.0 Å². The van der Waals surface area contributed by atoms with Gasteiger partial charge in [-0.2, -0.15) is 0 Å². The number of benzene rings is 4. The first kappa shape index (κ1) is 42.5. The van der Waals surface area contributed by atoms with E-state index in [9.17, 15) is 0 Å². The summed E-state index contributed by atoms with van der Waals surface area (Å²) in [6.07, 6.45) is 0. The van der Waals surface area contributed by atoms with Gasteiger partial charge in [0.15, 0.2) is 0 Å². The van der Waals surface area contributed by atoms with Gasteiger partial charge in [-0.3, -0.25) is 0 Å². The first-order chi connectivity index (χ1) is 20.7. The van der Waals surface area contributed by atoms with Crippen molar-refractivity contribution in [3.05, 3.63) is 113 Å². The van der Waals surface area contributed by atoms with Gasteiger partial charge >= 0.3 is 7.12 Å². The normalized spacial score (nSPS) is 9.80. The van der Waals surface area contributed by atoms with Crippen molar-refractivity contribution >= 4 is 44.7 Å². The van der Waals surface area contributed by atoms with E-state index in [1.54, 1.807) is 38.5 Å². The molecule has 0 aliphatic rings. The van der Waals surface area contributed by atoms with Gasteiger partial charge in [0.2, 0.25) is 0 Å². The van der Waals surface area contributed by atoms with Crippen molar-refractivity contribution in [3.63, 3.8) is 0 Å². The van der Waals surface area contributed by atoms with Crippen LogP contribution in [0.5, 0.6) is 11.5 Å². The summed E-state index contributed by atoms with van der Waals surface area (Å²) in [5.74, 6) is 8.16. The molecule has 2 N–H and O–H groups in total. The third kappa shape index (κ3) is 16.2. The molecule has 0 amide bonds. The van der Waals surface area contributed by atoms with Crippen LogP contribution in [0.25, 0.3) is 11.1 Å². The fourth-order valence-electron chi connectivity index (χ4n) is 3.46. The molecule has 0 saturated heterocycles. The average molecular weight is 718 g/mol. The zero-order valence-electron chi connectivity index (χ0n) is 26.9. The van der Waals surface area contributed by atoms with Gasteiger partial charge in [0, 0.05) is 15.6 Å². The Balaban J connectivity index is 0.000000682. The fraction of sp³-hybridized carbons (Fsp3) is 0.263. The van der Waals surface area contributed by atoms with Gasteiger partial charge in [-0.05, 0) is 75.0 Å². The van der Waals surface area contributed by atoms with Crippen LogP contribution in [0.15, 0.2) is 102 Å². The average Bonchev–Trinajstić information content (AvgIpc) is 3.00. The third-order valence-corrected chi connectivity index (χ3v) is 8.20. The minimum absolute atomic E-state index is 0. The molecular formula is C38H50BBrO4Si2. The van der Waals surface area contributed by atoms with Gasteiger partial charge in [0.05, 0.1) is 14.2 Å². The molecule has 0 unspecified atom stereocenters. The zero-order chi connectivity index (χ0) is 32.8. The largest absolute Gasteiger partial charge is 0.497 e. The second-order valence-electron chi connectivity index (χ2n) is 11.9. The summed E-state index contributed by atoms with van der Waals surface area (Å²) in [7, 11) is -0.764. The lowest BCUT2D eigenvalue weighted by molar-refractivity contribution is 0.414. The molecule has 46 heavy (non-hydrogen) atoms. The van der Waals surface area contributed by atoms with E-state index in [-0.39, 0.29) is 14.9 Å². The van der Waals surface area contributed by atoms with E-state index in [4.69, 9.17) is 19.5 Å². The molecule has 0 fully saturated rings. The summed E-state index contributed by atoms with van der Waals surface area (Å²) >= 11 is 3.48. The molecule has 0 aliphatic heterocycles. The van der Waals surface area contributed by atoms with Crippen molar-refractivity contribution in [2.45, 2.75) is 54.1 Å². The van der Waals surface area contributed by atoms with Crippen LogP contribution in [0.2, 0.25) is 39.3 Å². The van der Waals surface area contributed by atoms with Crippen LogP contribution >= 0.6 is 15.9 Å². The van der Waals surface area contributed by atoms with Gasteiger partial charge in [0.25, 0.3) is 0 Å². The highest BCUT2D eigenvalue weighted by molar-refractivity contribution is 9.10. The smallest absolute Gasteiger partial charge is 0.488 e. The molecule has 8 heteroatoms. The predicted molar refractivity (Wildman–Crippen MR) is 209 cm³/mol. The number of hydrogen-bond donors (Lipinski definition) is 2. The predicted octanol–water partition coefficient (Wildman–Crippen LogP) is 8.92. The van der Waals surface area contributed by atoms with Crippen LogP contribution in [0.3, 0.4) is 0 Å². The minimum atomic E-state index is -1.40. The molecule has 0 heterocycles. The van der Waals surface area contributed by atoms with E-state index in [1.165, 1.54) is 11.1 Å². The molecule has 4 nitrogen and oxygen atoms in total. The Kier molecular flexibility index (Phi) is 19.0. The summed E-state index contributed by atoms with van der Waals surface area (Å²) in [6.45, 7) is 13.5. The number of ether oxygens (including phenoxy) is 2.